The lowest BCUT2D eigenvalue weighted by atomic mass is 10.1. The van der Waals surface area contributed by atoms with Crippen molar-refractivity contribution < 1.29 is 19.2 Å². The number of hydrogen-bond acceptors (Lipinski definition) is 6. The molecule has 1 aliphatic rings. The molecule has 4 amide bonds. The van der Waals surface area contributed by atoms with Crippen LogP contribution < -0.4 is 10.6 Å². The van der Waals surface area contributed by atoms with Crippen LogP contribution in [0.1, 0.15) is 44.4 Å². The highest BCUT2D eigenvalue weighted by atomic mass is 32.1. The molecule has 1 aliphatic heterocycles. The molecule has 0 saturated carbocycles. The summed E-state index contributed by atoms with van der Waals surface area (Å²) >= 11 is 1.35. The third-order valence-electron chi connectivity index (χ3n) is 5.77. The Morgan fingerprint density at radius 3 is 2.20 bits per heavy atom. The van der Waals surface area contributed by atoms with Crippen LogP contribution in [0, 0.1) is 0 Å². The largest absolute Gasteiger partial charge is 0.324 e. The SMILES string of the molecule is CC[C@@H](C(=O)Nc1ccccc1C(=O)Nc1nc2ccccc2s1)N1C(=O)c2ccccc2C1=O. The summed E-state index contributed by atoms with van der Waals surface area (Å²) < 4.78 is 0.941. The molecule has 1 atom stereocenters. The average molecular weight is 485 g/mol. The third-order valence-corrected chi connectivity index (χ3v) is 6.72. The average Bonchev–Trinajstić information content (AvgIpc) is 3.39. The van der Waals surface area contributed by atoms with Crippen molar-refractivity contribution in [3.63, 3.8) is 0 Å². The minimum absolute atomic E-state index is 0.220. The van der Waals surface area contributed by atoms with Crippen molar-refractivity contribution in [2.75, 3.05) is 10.6 Å². The Balaban J connectivity index is 1.36. The summed E-state index contributed by atoms with van der Waals surface area (Å²) in [5, 5.41) is 5.96. The first-order valence-corrected chi connectivity index (χ1v) is 11.8. The van der Waals surface area contributed by atoms with Gasteiger partial charge < -0.3 is 5.32 Å². The first kappa shape index (κ1) is 22.4. The van der Waals surface area contributed by atoms with Crippen LogP contribution >= 0.6 is 11.3 Å². The van der Waals surface area contributed by atoms with Crippen LogP contribution in [0.2, 0.25) is 0 Å². The second-order valence-electron chi connectivity index (χ2n) is 7.93. The van der Waals surface area contributed by atoms with Gasteiger partial charge in [-0.05, 0) is 42.8 Å². The van der Waals surface area contributed by atoms with Crippen LogP contribution in [0.5, 0.6) is 0 Å². The molecule has 2 N–H and O–H groups in total. The summed E-state index contributed by atoms with van der Waals surface area (Å²) in [5.74, 6) is -2.00. The molecule has 0 bridgehead atoms. The van der Waals surface area contributed by atoms with Gasteiger partial charge in [-0.1, -0.05) is 54.7 Å². The Kier molecular flexibility index (Phi) is 5.84. The molecule has 5 rings (SSSR count). The smallest absolute Gasteiger partial charge is 0.262 e. The van der Waals surface area contributed by atoms with Gasteiger partial charge in [0.2, 0.25) is 5.91 Å². The van der Waals surface area contributed by atoms with Crippen LogP contribution in [0.25, 0.3) is 10.2 Å². The molecule has 1 aromatic heterocycles. The first-order chi connectivity index (χ1) is 17.0. The highest BCUT2D eigenvalue weighted by molar-refractivity contribution is 7.22. The van der Waals surface area contributed by atoms with E-state index in [9.17, 15) is 19.2 Å². The molecule has 8 nitrogen and oxygen atoms in total. The van der Waals surface area contributed by atoms with Gasteiger partial charge in [-0.25, -0.2) is 4.98 Å². The van der Waals surface area contributed by atoms with Gasteiger partial charge in [-0.15, -0.1) is 0 Å². The minimum Gasteiger partial charge on any atom is -0.324 e. The Hall–Kier alpha value is -4.37. The quantitative estimate of drug-likeness (QED) is 0.390. The summed E-state index contributed by atoms with van der Waals surface area (Å²) in [6, 6.07) is 19.6. The molecule has 0 spiro atoms. The van der Waals surface area contributed by atoms with Crippen molar-refractivity contribution in [2.45, 2.75) is 19.4 Å². The first-order valence-electron chi connectivity index (χ1n) is 11.0. The minimum atomic E-state index is -1.03. The fourth-order valence-electron chi connectivity index (χ4n) is 4.07. The zero-order valence-corrected chi connectivity index (χ0v) is 19.5. The highest BCUT2D eigenvalue weighted by Gasteiger charge is 2.42. The number of para-hydroxylation sites is 2. The monoisotopic (exact) mass is 484 g/mol. The molecule has 35 heavy (non-hydrogen) atoms. The van der Waals surface area contributed by atoms with Gasteiger partial charge in [0, 0.05) is 0 Å². The summed E-state index contributed by atoms with van der Waals surface area (Å²) in [6.07, 6.45) is 0.220. The van der Waals surface area contributed by atoms with Crippen LogP contribution in [-0.2, 0) is 4.79 Å². The van der Waals surface area contributed by atoms with Gasteiger partial charge in [-0.3, -0.25) is 29.4 Å². The zero-order valence-electron chi connectivity index (χ0n) is 18.6. The van der Waals surface area contributed by atoms with Crippen molar-refractivity contribution >= 4 is 56.0 Å². The second kappa shape index (κ2) is 9.11. The van der Waals surface area contributed by atoms with Crippen LogP contribution in [-0.4, -0.2) is 39.6 Å². The van der Waals surface area contributed by atoms with E-state index in [2.05, 4.69) is 15.6 Å². The molecule has 0 aliphatic carbocycles. The van der Waals surface area contributed by atoms with Crippen LogP contribution in [0.15, 0.2) is 72.8 Å². The van der Waals surface area contributed by atoms with Crippen molar-refractivity contribution in [3.8, 4) is 0 Å². The van der Waals surface area contributed by atoms with Crippen molar-refractivity contribution in [2.24, 2.45) is 0 Å². The van der Waals surface area contributed by atoms with Crippen LogP contribution in [0.4, 0.5) is 10.8 Å². The fourth-order valence-corrected chi connectivity index (χ4v) is 4.93. The van der Waals surface area contributed by atoms with E-state index in [1.807, 2.05) is 24.3 Å². The normalized spacial score (nSPS) is 13.6. The van der Waals surface area contributed by atoms with E-state index in [1.165, 1.54) is 11.3 Å². The van der Waals surface area contributed by atoms with Crippen molar-refractivity contribution in [1.29, 1.82) is 0 Å². The maximum absolute atomic E-state index is 13.2. The molecule has 4 aromatic rings. The number of carbonyl (C=O) groups excluding carboxylic acids is 4. The predicted octanol–water partition coefficient (Wildman–Crippen LogP) is 4.56. The van der Waals surface area contributed by atoms with Gasteiger partial charge in [0.25, 0.3) is 17.7 Å². The number of imide groups is 1. The number of fused-ring (bicyclic) bond motifs is 2. The Morgan fingerprint density at radius 1 is 0.886 bits per heavy atom. The Labute approximate surface area is 204 Å². The number of thiazole rings is 1. The number of carbonyl (C=O) groups is 4. The van der Waals surface area contributed by atoms with E-state index in [0.29, 0.717) is 5.13 Å². The number of nitrogens with zero attached hydrogens (tertiary/aromatic N) is 2. The predicted molar refractivity (Wildman–Crippen MR) is 134 cm³/mol. The van der Waals surface area contributed by atoms with Crippen molar-refractivity contribution in [3.05, 3.63) is 89.5 Å². The zero-order chi connectivity index (χ0) is 24.5. The number of rotatable bonds is 6. The summed E-state index contributed by atoms with van der Waals surface area (Å²) in [4.78, 5) is 57.4. The fraction of sp³-hybridized carbons (Fsp3) is 0.115. The van der Waals surface area contributed by atoms with E-state index in [1.54, 1.807) is 55.5 Å². The molecule has 0 radical (unpaired) electrons. The molecule has 9 heteroatoms. The van der Waals surface area contributed by atoms with E-state index >= 15 is 0 Å². The van der Waals surface area contributed by atoms with Gasteiger partial charge in [-0.2, -0.15) is 0 Å². The standard InChI is InChI=1S/C26H20N4O4S/c1-2-20(30-24(33)15-9-3-4-10-16(15)25(30)34)23(32)27-18-12-6-5-11-17(18)22(31)29-26-28-19-13-7-8-14-21(19)35-26/h3-14,20H,2H2,1H3,(H,27,32)(H,28,29,31)/t20-/m0/s1. The summed E-state index contributed by atoms with van der Waals surface area (Å²) in [6.45, 7) is 1.72. The molecule has 0 saturated heterocycles. The number of hydrogen-bond donors (Lipinski definition) is 2. The van der Waals surface area contributed by atoms with Gasteiger partial charge >= 0.3 is 0 Å². The maximum Gasteiger partial charge on any atom is 0.262 e. The number of amides is 4. The van der Waals surface area contributed by atoms with Gasteiger partial charge in [0.15, 0.2) is 5.13 Å². The third kappa shape index (κ3) is 4.06. The molecule has 2 heterocycles. The molecule has 0 fully saturated rings. The molecule has 3 aromatic carbocycles. The van der Waals surface area contributed by atoms with E-state index in [0.717, 1.165) is 15.1 Å². The maximum atomic E-state index is 13.2. The van der Waals surface area contributed by atoms with E-state index in [-0.39, 0.29) is 28.8 Å². The lowest BCUT2D eigenvalue weighted by Gasteiger charge is -2.24. The van der Waals surface area contributed by atoms with Crippen molar-refractivity contribution in [1.82, 2.24) is 9.88 Å². The number of anilines is 2. The number of aromatic nitrogens is 1. The van der Waals surface area contributed by atoms with Crippen LogP contribution in [0.3, 0.4) is 0 Å². The Bertz CT molecular complexity index is 1430. The lowest BCUT2D eigenvalue weighted by molar-refractivity contribution is -0.120. The Morgan fingerprint density at radius 2 is 1.51 bits per heavy atom. The second-order valence-corrected chi connectivity index (χ2v) is 8.96. The molecule has 174 valence electrons. The molecular formula is C26H20N4O4S. The van der Waals surface area contributed by atoms with E-state index < -0.39 is 29.7 Å². The molecular weight excluding hydrogens is 464 g/mol. The molecule has 0 unspecified atom stereocenters. The summed E-state index contributed by atoms with van der Waals surface area (Å²) in [7, 11) is 0. The topological polar surface area (TPSA) is 108 Å². The summed E-state index contributed by atoms with van der Waals surface area (Å²) in [5.41, 5.74) is 1.84. The van der Waals surface area contributed by atoms with E-state index in [4.69, 9.17) is 0 Å². The number of nitrogens with one attached hydrogen (secondary N) is 2. The lowest BCUT2D eigenvalue weighted by Crippen LogP contribution is -2.47. The highest BCUT2D eigenvalue weighted by Crippen LogP contribution is 2.28. The van der Waals surface area contributed by atoms with Gasteiger partial charge in [0.05, 0.1) is 32.6 Å². The number of benzene rings is 3. The van der Waals surface area contributed by atoms with Gasteiger partial charge in [0.1, 0.15) is 6.04 Å².